The lowest BCUT2D eigenvalue weighted by molar-refractivity contribution is -0.124. The molecule has 1 amide bonds. The van der Waals surface area contributed by atoms with Crippen molar-refractivity contribution in [1.29, 1.82) is 0 Å². The largest absolute Gasteiger partial charge is 0.368 e. The summed E-state index contributed by atoms with van der Waals surface area (Å²) >= 11 is 0. The lowest BCUT2D eigenvalue weighted by Gasteiger charge is -2.26. The van der Waals surface area contributed by atoms with Crippen LogP contribution < -0.4 is 16.0 Å². The number of piperidine rings is 1. The average Bonchev–Trinajstić information content (AvgIpc) is 3.28. The number of anilines is 1. The van der Waals surface area contributed by atoms with Crippen molar-refractivity contribution < 1.29 is 9.53 Å². The number of hydrogen-bond donors (Lipinski definition) is 3. The van der Waals surface area contributed by atoms with Crippen LogP contribution in [-0.4, -0.2) is 62.2 Å². The fourth-order valence-electron chi connectivity index (χ4n) is 3.78. The summed E-state index contributed by atoms with van der Waals surface area (Å²) in [5, 5.41) is 9.70. The lowest BCUT2D eigenvalue weighted by atomic mass is 10.1. The number of hydrogen-bond acceptors (Lipinski definition) is 4. The molecule has 1 atom stereocenters. The Morgan fingerprint density at radius 3 is 2.77 bits per heavy atom. The van der Waals surface area contributed by atoms with Gasteiger partial charge in [0.1, 0.15) is 6.10 Å². The van der Waals surface area contributed by atoms with Gasteiger partial charge in [0.25, 0.3) is 5.91 Å². The van der Waals surface area contributed by atoms with Gasteiger partial charge in [-0.2, -0.15) is 0 Å². The number of carbonyl (C=O) groups is 1. The van der Waals surface area contributed by atoms with Crippen molar-refractivity contribution in [2.45, 2.75) is 51.7 Å². The number of ether oxygens (including phenoxy) is 1. The van der Waals surface area contributed by atoms with E-state index < -0.39 is 0 Å². The maximum Gasteiger partial charge on any atom is 0.253 e. The number of nitrogens with zero attached hydrogens (tertiary/aromatic N) is 2. The second-order valence-electron chi connectivity index (χ2n) is 7.72. The number of rotatable bonds is 8. The molecule has 1 unspecified atom stereocenters. The van der Waals surface area contributed by atoms with E-state index in [4.69, 9.17) is 9.73 Å². The molecular weight excluding hydrogens is 493 g/mol. The number of guanidine groups is 1. The van der Waals surface area contributed by atoms with Gasteiger partial charge in [-0.05, 0) is 63.4 Å². The minimum Gasteiger partial charge on any atom is -0.368 e. The van der Waals surface area contributed by atoms with E-state index in [-0.39, 0.29) is 36.0 Å². The Morgan fingerprint density at radius 1 is 1.20 bits per heavy atom. The highest BCUT2D eigenvalue weighted by Gasteiger charge is 2.23. The molecule has 3 rings (SSSR count). The molecule has 3 N–H and O–H groups in total. The van der Waals surface area contributed by atoms with Crippen molar-refractivity contribution in [1.82, 2.24) is 15.5 Å². The molecule has 2 aliphatic rings. The van der Waals surface area contributed by atoms with E-state index in [9.17, 15) is 4.79 Å². The van der Waals surface area contributed by atoms with E-state index in [0.717, 1.165) is 49.7 Å². The molecule has 8 heteroatoms. The number of halogens is 1. The van der Waals surface area contributed by atoms with Crippen molar-refractivity contribution >= 4 is 41.5 Å². The Bertz CT molecular complexity index is 673. The highest BCUT2D eigenvalue weighted by Crippen LogP contribution is 2.16. The first-order chi connectivity index (χ1) is 14.2. The van der Waals surface area contributed by atoms with Crippen LogP contribution in [0.15, 0.2) is 29.3 Å². The van der Waals surface area contributed by atoms with E-state index in [2.05, 4.69) is 27.8 Å². The summed E-state index contributed by atoms with van der Waals surface area (Å²) in [5.41, 5.74) is 1.85. The third-order valence-electron chi connectivity index (χ3n) is 5.35. The summed E-state index contributed by atoms with van der Waals surface area (Å²) in [6.45, 7) is 8.49. The molecule has 1 aromatic carbocycles. The van der Waals surface area contributed by atoms with Crippen molar-refractivity contribution in [2.24, 2.45) is 4.99 Å². The molecule has 2 fully saturated rings. The summed E-state index contributed by atoms with van der Waals surface area (Å²) in [6.07, 6.45) is 5.42. The summed E-state index contributed by atoms with van der Waals surface area (Å²) in [4.78, 5) is 19.5. The van der Waals surface area contributed by atoms with Crippen LogP contribution in [0.1, 0.15) is 44.6 Å². The third kappa shape index (κ3) is 8.39. The van der Waals surface area contributed by atoms with Crippen LogP contribution in [0.2, 0.25) is 0 Å². The zero-order chi connectivity index (χ0) is 20.3. The molecule has 0 bridgehead atoms. The Balaban J connectivity index is 0.00000320. The first-order valence-electron chi connectivity index (χ1n) is 11.0. The van der Waals surface area contributed by atoms with Gasteiger partial charge in [0, 0.05) is 31.9 Å². The number of aliphatic imine (C=N–C) groups is 1. The van der Waals surface area contributed by atoms with E-state index >= 15 is 0 Å². The highest BCUT2D eigenvalue weighted by molar-refractivity contribution is 14.0. The van der Waals surface area contributed by atoms with Crippen LogP contribution >= 0.6 is 24.0 Å². The molecular formula is C22H36IN5O2. The first kappa shape index (κ1) is 24.9. The molecule has 0 saturated carbocycles. The van der Waals surface area contributed by atoms with Crippen LogP contribution in [0.5, 0.6) is 0 Å². The molecule has 2 heterocycles. The molecule has 1 aromatic rings. The van der Waals surface area contributed by atoms with E-state index in [1.165, 1.54) is 32.4 Å². The van der Waals surface area contributed by atoms with Crippen molar-refractivity contribution in [2.75, 3.05) is 44.6 Å². The van der Waals surface area contributed by atoms with Crippen molar-refractivity contribution in [3.63, 3.8) is 0 Å². The summed E-state index contributed by atoms with van der Waals surface area (Å²) < 4.78 is 5.45. The predicted octanol–water partition coefficient (Wildman–Crippen LogP) is 2.96. The van der Waals surface area contributed by atoms with Crippen LogP contribution in [0.4, 0.5) is 5.69 Å². The fourth-order valence-corrected chi connectivity index (χ4v) is 3.78. The first-order valence-corrected chi connectivity index (χ1v) is 11.0. The molecule has 0 aliphatic carbocycles. The van der Waals surface area contributed by atoms with Crippen LogP contribution in [0.25, 0.3) is 0 Å². The van der Waals surface area contributed by atoms with Gasteiger partial charge in [-0.3, -0.25) is 4.79 Å². The third-order valence-corrected chi connectivity index (χ3v) is 5.35. The topological polar surface area (TPSA) is 78.0 Å². The smallest absolute Gasteiger partial charge is 0.253 e. The summed E-state index contributed by atoms with van der Waals surface area (Å²) in [5.74, 6) is 0.772. The monoisotopic (exact) mass is 529 g/mol. The Hall–Kier alpha value is -1.39. The van der Waals surface area contributed by atoms with Gasteiger partial charge in [-0.15, -0.1) is 24.0 Å². The molecule has 0 spiro atoms. The van der Waals surface area contributed by atoms with Gasteiger partial charge in [-0.25, -0.2) is 4.99 Å². The average molecular weight is 529 g/mol. The van der Waals surface area contributed by atoms with E-state index in [1.807, 2.05) is 24.3 Å². The van der Waals surface area contributed by atoms with Crippen LogP contribution in [-0.2, 0) is 16.1 Å². The number of carbonyl (C=O) groups excluding carboxylic acids is 1. The molecule has 0 radical (unpaired) electrons. The van der Waals surface area contributed by atoms with Crippen LogP contribution in [0.3, 0.4) is 0 Å². The minimum atomic E-state index is -0.318. The van der Waals surface area contributed by atoms with E-state index in [1.54, 1.807) is 0 Å². The van der Waals surface area contributed by atoms with E-state index in [0.29, 0.717) is 13.2 Å². The normalized spacial score (nSPS) is 19.8. The molecule has 30 heavy (non-hydrogen) atoms. The number of nitrogens with one attached hydrogen (secondary N) is 3. The second-order valence-corrected chi connectivity index (χ2v) is 7.72. The summed E-state index contributed by atoms with van der Waals surface area (Å²) in [7, 11) is 0. The van der Waals surface area contributed by atoms with Gasteiger partial charge in [0.15, 0.2) is 5.96 Å². The maximum atomic E-state index is 12.2. The van der Waals surface area contributed by atoms with Gasteiger partial charge in [0.05, 0.1) is 6.54 Å². The SMILES string of the molecule is CCNC(=NCc1cccc(NC(=O)C2CCCO2)c1)NCCN1CCCCC1.I. The molecule has 0 aromatic heterocycles. The Labute approximate surface area is 197 Å². The number of amides is 1. The highest BCUT2D eigenvalue weighted by atomic mass is 127. The molecule has 7 nitrogen and oxygen atoms in total. The van der Waals surface area contributed by atoms with Gasteiger partial charge in [-0.1, -0.05) is 18.6 Å². The zero-order valence-electron chi connectivity index (χ0n) is 18.0. The fraction of sp³-hybridized carbons (Fsp3) is 0.636. The number of benzene rings is 1. The molecule has 168 valence electrons. The van der Waals surface area contributed by atoms with Crippen molar-refractivity contribution in [3.8, 4) is 0 Å². The van der Waals surface area contributed by atoms with Gasteiger partial charge < -0.3 is 25.6 Å². The zero-order valence-corrected chi connectivity index (χ0v) is 20.3. The van der Waals surface area contributed by atoms with Gasteiger partial charge in [0.2, 0.25) is 0 Å². The summed E-state index contributed by atoms with van der Waals surface area (Å²) in [6, 6.07) is 7.87. The van der Waals surface area contributed by atoms with Crippen LogP contribution in [0, 0.1) is 0 Å². The van der Waals surface area contributed by atoms with Crippen molar-refractivity contribution in [3.05, 3.63) is 29.8 Å². The Kier molecular flexibility index (Phi) is 11.5. The Morgan fingerprint density at radius 2 is 2.03 bits per heavy atom. The lowest BCUT2D eigenvalue weighted by Crippen LogP contribution is -2.42. The van der Waals surface area contributed by atoms with Gasteiger partial charge >= 0.3 is 0 Å². The second kappa shape index (κ2) is 13.8. The standard InChI is InChI=1S/C22H35N5O2.HI/c1-2-23-22(24-11-14-27-12-4-3-5-13-27)25-17-18-8-6-9-19(16-18)26-21(28)20-10-7-15-29-20;/h6,8-9,16,20H,2-5,7,10-15,17H2,1H3,(H,26,28)(H2,23,24,25);1H. The molecule has 2 aliphatic heterocycles. The number of likely N-dealkylation sites (tertiary alicyclic amines) is 1. The maximum absolute atomic E-state index is 12.2. The minimum absolute atomic E-state index is 0. The predicted molar refractivity (Wildman–Crippen MR) is 133 cm³/mol. The quantitative estimate of drug-likeness (QED) is 0.274. The molecule has 2 saturated heterocycles.